The number of ether oxygens (including phenoxy) is 1. The Morgan fingerprint density at radius 1 is 0.909 bits per heavy atom. The van der Waals surface area contributed by atoms with Gasteiger partial charge >= 0.3 is 0 Å². The van der Waals surface area contributed by atoms with Crippen molar-refractivity contribution in [1.82, 2.24) is 10.6 Å². The van der Waals surface area contributed by atoms with Crippen LogP contribution in [0.4, 0.5) is 0 Å². The van der Waals surface area contributed by atoms with Gasteiger partial charge in [0.2, 0.25) is 0 Å². The summed E-state index contributed by atoms with van der Waals surface area (Å²) in [5, 5.41) is 6.60. The van der Waals surface area contributed by atoms with E-state index in [1.165, 1.54) is 12.8 Å². The molecular weight excluding hydrogens is 140 g/mol. The molecule has 0 bridgehead atoms. The van der Waals surface area contributed by atoms with E-state index in [2.05, 4.69) is 10.6 Å². The number of rotatable bonds is 2. The Kier molecular flexibility index (Phi) is 2.41. The van der Waals surface area contributed by atoms with Crippen LogP contribution in [-0.4, -0.2) is 38.4 Å². The molecule has 64 valence electrons. The average molecular weight is 156 g/mol. The Hall–Kier alpha value is -0.120. The Bertz CT molecular complexity index is 103. The largest absolute Gasteiger partial charge is 0.372 e. The molecule has 2 atom stereocenters. The highest BCUT2D eigenvalue weighted by Gasteiger charge is 2.22. The van der Waals surface area contributed by atoms with Crippen LogP contribution in [0.5, 0.6) is 0 Å². The monoisotopic (exact) mass is 156 g/mol. The van der Waals surface area contributed by atoms with Gasteiger partial charge < -0.3 is 15.4 Å². The summed E-state index contributed by atoms with van der Waals surface area (Å²) >= 11 is 0. The molecule has 2 heterocycles. The van der Waals surface area contributed by atoms with Crippen molar-refractivity contribution in [3.05, 3.63) is 0 Å². The van der Waals surface area contributed by atoms with Gasteiger partial charge in [0.1, 0.15) is 0 Å². The van der Waals surface area contributed by atoms with E-state index < -0.39 is 0 Å². The van der Waals surface area contributed by atoms with Gasteiger partial charge in [-0.15, -0.1) is 0 Å². The van der Waals surface area contributed by atoms with Crippen LogP contribution in [0.1, 0.15) is 12.8 Å². The number of hydrogen-bond acceptors (Lipinski definition) is 3. The third-order valence-electron chi connectivity index (χ3n) is 2.42. The van der Waals surface area contributed by atoms with Crippen molar-refractivity contribution in [2.45, 2.75) is 25.0 Å². The molecule has 11 heavy (non-hydrogen) atoms. The van der Waals surface area contributed by atoms with Gasteiger partial charge in [-0.2, -0.15) is 0 Å². The summed E-state index contributed by atoms with van der Waals surface area (Å²) in [7, 11) is 0. The van der Waals surface area contributed by atoms with Crippen molar-refractivity contribution >= 4 is 0 Å². The zero-order valence-electron chi connectivity index (χ0n) is 6.81. The van der Waals surface area contributed by atoms with E-state index in [0.717, 1.165) is 26.2 Å². The van der Waals surface area contributed by atoms with Crippen LogP contribution in [-0.2, 0) is 4.74 Å². The van der Waals surface area contributed by atoms with Gasteiger partial charge in [-0.3, -0.25) is 0 Å². The maximum Gasteiger partial charge on any atom is 0.0715 e. The van der Waals surface area contributed by atoms with E-state index in [1.54, 1.807) is 0 Å². The summed E-state index contributed by atoms with van der Waals surface area (Å²) in [6, 6.07) is 0. The lowest BCUT2D eigenvalue weighted by molar-refractivity contribution is 0.0106. The molecule has 2 fully saturated rings. The van der Waals surface area contributed by atoms with Crippen LogP contribution in [0.15, 0.2) is 0 Å². The van der Waals surface area contributed by atoms with Crippen LogP contribution in [0.25, 0.3) is 0 Å². The first-order valence-electron chi connectivity index (χ1n) is 4.52. The maximum absolute atomic E-state index is 5.85. The van der Waals surface area contributed by atoms with Crippen molar-refractivity contribution in [2.24, 2.45) is 0 Å². The first-order chi connectivity index (χ1) is 5.45. The maximum atomic E-state index is 5.85. The highest BCUT2D eigenvalue weighted by molar-refractivity contribution is 4.77. The summed E-state index contributed by atoms with van der Waals surface area (Å²) in [5.41, 5.74) is 0. The fourth-order valence-corrected chi connectivity index (χ4v) is 1.76. The predicted octanol–water partition coefficient (Wildman–Crippen LogP) is -0.273. The molecule has 3 nitrogen and oxygen atoms in total. The van der Waals surface area contributed by atoms with Crippen LogP contribution < -0.4 is 10.6 Å². The van der Waals surface area contributed by atoms with Gasteiger partial charge in [-0.25, -0.2) is 0 Å². The van der Waals surface area contributed by atoms with E-state index in [9.17, 15) is 0 Å². The zero-order chi connectivity index (χ0) is 7.52. The second-order valence-electron chi connectivity index (χ2n) is 3.37. The Morgan fingerprint density at radius 3 is 1.82 bits per heavy atom. The molecule has 2 saturated heterocycles. The van der Waals surface area contributed by atoms with E-state index >= 15 is 0 Å². The fraction of sp³-hybridized carbons (Fsp3) is 1.00. The topological polar surface area (TPSA) is 33.3 Å². The Morgan fingerprint density at radius 2 is 1.45 bits per heavy atom. The first kappa shape index (κ1) is 7.53. The summed E-state index contributed by atoms with van der Waals surface area (Å²) in [6.07, 6.45) is 3.35. The normalized spacial score (nSPS) is 38.2. The van der Waals surface area contributed by atoms with Crippen LogP contribution in [0.2, 0.25) is 0 Å². The van der Waals surface area contributed by atoms with Gasteiger partial charge in [0.25, 0.3) is 0 Å². The molecule has 2 aliphatic heterocycles. The second kappa shape index (κ2) is 3.52. The fourth-order valence-electron chi connectivity index (χ4n) is 1.76. The summed E-state index contributed by atoms with van der Waals surface area (Å²) < 4.78 is 5.85. The van der Waals surface area contributed by atoms with Crippen LogP contribution >= 0.6 is 0 Å². The molecule has 0 aliphatic carbocycles. The molecule has 0 aromatic heterocycles. The van der Waals surface area contributed by atoms with E-state index in [-0.39, 0.29) is 0 Å². The molecule has 0 saturated carbocycles. The minimum absolute atomic E-state index is 0.486. The first-order valence-corrected chi connectivity index (χ1v) is 4.52. The van der Waals surface area contributed by atoms with Gasteiger partial charge in [0.15, 0.2) is 0 Å². The molecule has 0 spiro atoms. The van der Waals surface area contributed by atoms with Crippen molar-refractivity contribution in [1.29, 1.82) is 0 Å². The van der Waals surface area contributed by atoms with Crippen molar-refractivity contribution < 1.29 is 4.74 Å². The van der Waals surface area contributed by atoms with Crippen LogP contribution in [0, 0.1) is 0 Å². The van der Waals surface area contributed by atoms with E-state index in [4.69, 9.17) is 4.74 Å². The standard InChI is InChI=1S/C8H16N2O/c1-3-9-5-7(1)11-8-2-4-10-6-8/h7-10H,1-6H2/t7-,8+. The number of nitrogens with one attached hydrogen (secondary N) is 2. The molecule has 0 radical (unpaired) electrons. The van der Waals surface area contributed by atoms with Gasteiger partial charge in [0.05, 0.1) is 12.2 Å². The molecule has 0 amide bonds. The molecule has 0 unspecified atom stereocenters. The van der Waals surface area contributed by atoms with Gasteiger partial charge in [-0.1, -0.05) is 0 Å². The number of hydrogen-bond donors (Lipinski definition) is 2. The summed E-state index contributed by atoms with van der Waals surface area (Å²) in [4.78, 5) is 0. The van der Waals surface area contributed by atoms with E-state index in [0.29, 0.717) is 12.2 Å². The highest BCUT2D eigenvalue weighted by atomic mass is 16.5. The minimum Gasteiger partial charge on any atom is -0.372 e. The third kappa shape index (κ3) is 1.92. The van der Waals surface area contributed by atoms with Gasteiger partial charge in [-0.05, 0) is 25.9 Å². The smallest absolute Gasteiger partial charge is 0.0715 e. The highest BCUT2D eigenvalue weighted by Crippen LogP contribution is 2.10. The molecular formula is C8H16N2O. The Balaban J connectivity index is 1.71. The predicted molar refractivity (Wildman–Crippen MR) is 43.6 cm³/mol. The molecule has 0 aromatic rings. The van der Waals surface area contributed by atoms with Crippen molar-refractivity contribution in [3.8, 4) is 0 Å². The van der Waals surface area contributed by atoms with Crippen molar-refractivity contribution in [3.63, 3.8) is 0 Å². The molecule has 0 aromatic carbocycles. The lowest BCUT2D eigenvalue weighted by Gasteiger charge is -2.15. The quantitative estimate of drug-likeness (QED) is 0.577. The summed E-state index contributed by atoms with van der Waals surface area (Å²) in [6.45, 7) is 4.36. The molecule has 2 rings (SSSR count). The lowest BCUT2D eigenvalue weighted by Crippen LogP contribution is -2.25. The van der Waals surface area contributed by atoms with Crippen LogP contribution in [0.3, 0.4) is 0 Å². The Labute approximate surface area is 67.5 Å². The lowest BCUT2D eigenvalue weighted by atomic mass is 10.3. The van der Waals surface area contributed by atoms with Gasteiger partial charge in [0, 0.05) is 13.1 Å². The van der Waals surface area contributed by atoms with E-state index in [1.807, 2.05) is 0 Å². The molecule has 3 heteroatoms. The summed E-state index contributed by atoms with van der Waals surface area (Å²) in [5.74, 6) is 0. The van der Waals surface area contributed by atoms with Crippen molar-refractivity contribution in [2.75, 3.05) is 26.2 Å². The third-order valence-corrected chi connectivity index (χ3v) is 2.42. The second-order valence-corrected chi connectivity index (χ2v) is 3.37. The average Bonchev–Trinajstić information content (AvgIpc) is 2.60. The zero-order valence-corrected chi connectivity index (χ0v) is 6.81. The molecule has 2 N–H and O–H groups in total. The minimum atomic E-state index is 0.486. The molecule has 2 aliphatic rings. The SMILES string of the molecule is C1C[C@@H](O[C@H]2CCNC2)CN1.